The van der Waals surface area contributed by atoms with E-state index in [9.17, 15) is 0 Å². The highest BCUT2D eigenvalue weighted by molar-refractivity contribution is 5.41. The van der Waals surface area contributed by atoms with E-state index in [-0.39, 0.29) is 0 Å². The van der Waals surface area contributed by atoms with Crippen LogP contribution >= 0.6 is 0 Å². The molecule has 0 amide bonds. The van der Waals surface area contributed by atoms with Gasteiger partial charge in [0.15, 0.2) is 0 Å². The van der Waals surface area contributed by atoms with Crippen LogP contribution in [0.5, 0.6) is 0 Å². The molecule has 2 aromatic rings. The van der Waals surface area contributed by atoms with Crippen molar-refractivity contribution in [2.24, 2.45) is 0 Å². The Morgan fingerprint density at radius 1 is 1.25 bits per heavy atom. The Labute approximate surface area is 94.9 Å². The predicted molar refractivity (Wildman–Crippen MR) is 63.3 cm³/mol. The van der Waals surface area contributed by atoms with Crippen molar-refractivity contribution in [3.63, 3.8) is 0 Å². The molecule has 0 atom stereocenters. The Morgan fingerprint density at radius 2 is 2.12 bits per heavy atom. The summed E-state index contributed by atoms with van der Waals surface area (Å²) in [6, 6.07) is 4.35. The van der Waals surface area contributed by atoms with Crippen LogP contribution in [0.1, 0.15) is 5.56 Å². The molecule has 0 aliphatic carbocycles. The van der Waals surface area contributed by atoms with Crippen molar-refractivity contribution in [3.05, 3.63) is 36.3 Å². The SMILES string of the molecule is c1cn2ccc(CN3CCNCC3)cc2n1. The van der Waals surface area contributed by atoms with E-state index < -0.39 is 0 Å². The number of fused-ring (bicyclic) bond motifs is 1. The van der Waals surface area contributed by atoms with Gasteiger partial charge in [0, 0.05) is 51.3 Å². The van der Waals surface area contributed by atoms with Gasteiger partial charge in [-0.05, 0) is 17.7 Å². The van der Waals surface area contributed by atoms with Gasteiger partial charge < -0.3 is 9.72 Å². The number of aromatic nitrogens is 2. The largest absolute Gasteiger partial charge is 0.314 e. The minimum absolute atomic E-state index is 1.03. The highest BCUT2D eigenvalue weighted by Crippen LogP contribution is 2.08. The molecule has 1 aliphatic heterocycles. The lowest BCUT2D eigenvalue weighted by Gasteiger charge is -2.27. The quantitative estimate of drug-likeness (QED) is 0.803. The molecular weight excluding hydrogens is 200 g/mol. The molecule has 0 bridgehead atoms. The van der Waals surface area contributed by atoms with Crippen molar-refractivity contribution in [1.29, 1.82) is 0 Å². The molecule has 0 aromatic carbocycles. The van der Waals surface area contributed by atoms with Gasteiger partial charge in [0.1, 0.15) is 5.65 Å². The van der Waals surface area contributed by atoms with Crippen molar-refractivity contribution in [1.82, 2.24) is 19.6 Å². The summed E-state index contributed by atoms with van der Waals surface area (Å²) in [6.07, 6.45) is 5.90. The molecule has 0 unspecified atom stereocenters. The van der Waals surface area contributed by atoms with Gasteiger partial charge in [-0.1, -0.05) is 0 Å². The van der Waals surface area contributed by atoms with E-state index in [2.05, 4.69) is 33.5 Å². The number of hydrogen-bond acceptors (Lipinski definition) is 3. The standard InChI is InChI=1S/C12H16N4/c1-5-16-8-4-14-12(16)9-11(1)10-15-6-2-13-3-7-15/h1,4-5,8-9,13H,2-3,6-7,10H2. The molecule has 0 radical (unpaired) electrons. The smallest absolute Gasteiger partial charge is 0.136 e. The van der Waals surface area contributed by atoms with E-state index >= 15 is 0 Å². The highest BCUT2D eigenvalue weighted by Gasteiger charge is 2.09. The van der Waals surface area contributed by atoms with Gasteiger partial charge in [-0.25, -0.2) is 4.98 Å². The Hall–Kier alpha value is -1.39. The topological polar surface area (TPSA) is 32.6 Å². The summed E-state index contributed by atoms with van der Waals surface area (Å²) in [5, 5.41) is 3.37. The van der Waals surface area contributed by atoms with Crippen molar-refractivity contribution in [2.75, 3.05) is 26.2 Å². The zero-order valence-electron chi connectivity index (χ0n) is 9.26. The summed E-state index contributed by atoms with van der Waals surface area (Å²) in [6.45, 7) is 5.52. The summed E-state index contributed by atoms with van der Waals surface area (Å²) in [5.74, 6) is 0. The number of nitrogens with one attached hydrogen (secondary N) is 1. The van der Waals surface area contributed by atoms with Crippen LogP contribution in [0.3, 0.4) is 0 Å². The van der Waals surface area contributed by atoms with Gasteiger partial charge in [0.2, 0.25) is 0 Å². The molecule has 1 saturated heterocycles. The van der Waals surface area contributed by atoms with Crippen LogP contribution in [-0.2, 0) is 6.54 Å². The maximum atomic E-state index is 4.30. The van der Waals surface area contributed by atoms with E-state index in [1.807, 2.05) is 16.8 Å². The third kappa shape index (κ3) is 1.94. The van der Waals surface area contributed by atoms with Crippen molar-refractivity contribution < 1.29 is 0 Å². The summed E-state index contributed by atoms with van der Waals surface area (Å²) >= 11 is 0. The maximum Gasteiger partial charge on any atom is 0.136 e. The second-order valence-corrected chi connectivity index (χ2v) is 4.25. The lowest BCUT2D eigenvalue weighted by Crippen LogP contribution is -2.42. The second kappa shape index (κ2) is 4.23. The predicted octanol–water partition coefficient (Wildman–Crippen LogP) is 0.739. The molecule has 2 aromatic heterocycles. The molecule has 1 aliphatic rings. The molecule has 0 spiro atoms. The number of nitrogens with zero attached hydrogens (tertiary/aromatic N) is 3. The molecule has 4 heteroatoms. The highest BCUT2D eigenvalue weighted by atomic mass is 15.2. The third-order valence-electron chi connectivity index (χ3n) is 3.08. The molecule has 84 valence electrons. The fourth-order valence-electron chi connectivity index (χ4n) is 2.18. The van der Waals surface area contributed by atoms with E-state index in [0.29, 0.717) is 0 Å². The average molecular weight is 216 g/mol. The number of rotatable bonds is 2. The number of hydrogen-bond donors (Lipinski definition) is 1. The van der Waals surface area contributed by atoms with Crippen LogP contribution in [0, 0.1) is 0 Å². The van der Waals surface area contributed by atoms with Gasteiger partial charge in [-0.3, -0.25) is 4.90 Å². The van der Waals surface area contributed by atoms with Crippen LogP contribution in [0.4, 0.5) is 0 Å². The minimum atomic E-state index is 1.03. The molecule has 0 saturated carbocycles. The van der Waals surface area contributed by atoms with Crippen LogP contribution in [0.2, 0.25) is 0 Å². The summed E-state index contributed by atoms with van der Waals surface area (Å²) < 4.78 is 2.04. The summed E-state index contributed by atoms with van der Waals surface area (Å²) in [7, 11) is 0. The summed E-state index contributed by atoms with van der Waals surface area (Å²) in [5.41, 5.74) is 2.38. The van der Waals surface area contributed by atoms with Crippen LogP contribution in [0.25, 0.3) is 5.65 Å². The summed E-state index contributed by atoms with van der Waals surface area (Å²) in [4.78, 5) is 6.78. The van der Waals surface area contributed by atoms with E-state index in [0.717, 1.165) is 38.4 Å². The zero-order chi connectivity index (χ0) is 10.8. The molecular formula is C12H16N4. The normalized spacial score (nSPS) is 18.0. The lowest BCUT2D eigenvalue weighted by atomic mass is 10.2. The Balaban J connectivity index is 1.77. The van der Waals surface area contributed by atoms with Crippen LogP contribution in [-0.4, -0.2) is 40.5 Å². The Morgan fingerprint density at radius 3 is 3.00 bits per heavy atom. The van der Waals surface area contributed by atoms with Crippen LogP contribution in [0.15, 0.2) is 30.7 Å². The average Bonchev–Trinajstić information content (AvgIpc) is 2.77. The van der Waals surface area contributed by atoms with Gasteiger partial charge in [0.25, 0.3) is 0 Å². The molecule has 3 rings (SSSR count). The zero-order valence-corrected chi connectivity index (χ0v) is 9.26. The maximum absolute atomic E-state index is 4.30. The first-order chi connectivity index (χ1) is 7.92. The first-order valence-electron chi connectivity index (χ1n) is 5.76. The number of imidazole rings is 1. The van der Waals surface area contributed by atoms with Crippen molar-refractivity contribution >= 4 is 5.65 Å². The number of pyridine rings is 1. The van der Waals surface area contributed by atoms with E-state index in [1.165, 1.54) is 5.56 Å². The molecule has 1 N–H and O–H groups in total. The first kappa shape index (κ1) is 9.81. The minimum Gasteiger partial charge on any atom is -0.314 e. The molecule has 3 heterocycles. The molecule has 1 fully saturated rings. The fourth-order valence-corrected chi connectivity index (χ4v) is 2.18. The Bertz CT molecular complexity index is 471. The second-order valence-electron chi connectivity index (χ2n) is 4.25. The van der Waals surface area contributed by atoms with E-state index in [4.69, 9.17) is 0 Å². The van der Waals surface area contributed by atoms with Gasteiger partial charge in [-0.15, -0.1) is 0 Å². The van der Waals surface area contributed by atoms with E-state index in [1.54, 1.807) is 0 Å². The fraction of sp³-hybridized carbons (Fsp3) is 0.417. The van der Waals surface area contributed by atoms with Crippen molar-refractivity contribution in [3.8, 4) is 0 Å². The third-order valence-corrected chi connectivity index (χ3v) is 3.08. The van der Waals surface area contributed by atoms with Gasteiger partial charge in [-0.2, -0.15) is 0 Å². The van der Waals surface area contributed by atoms with Crippen LogP contribution < -0.4 is 5.32 Å². The van der Waals surface area contributed by atoms with Gasteiger partial charge >= 0.3 is 0 Å². The molecule has 16 heavy (non-hydrogen) atoms. The lowest BCUT2D eigenvalue weighted by molar-refractivity contribution is 0.233. The van der Waals surface area contributed by atoms with Gasteiger partial charge in [0.05, 0.1) is 0 Å². The van der Waals surface area contributed by atoms with Crippen molar-refractivity contribution in [2.45, 2.75) is 6.54 Å². The monoisotopic (exact) mass is 216 g/mol. The molecule has 4 nitrogen and oxygen atoms in total. The first-order valence-corrected chi connectivity index (χ1v) is 5.76. The Kier molecular flexibility index (Phi) is 2.60. The number of piperazine rings is 1.